The highest BCUT2D eigenvalue weighted by atomic mass is 16.5. The second-order valence-electron chi connectivity index (χ2n) is 5.30. The predicted molar refractivity (Wildman–Crippen MR) is 75.5 cm³/mol. The molecule has 0 atom stereocenters. The molecule has 0 radical (unpaired) electrons. The number of amides is 1. The largest absolute Gasteiger partial charge is 0.497 e. The summed E-state index contributed by atoms with van der Waals surface area (Å²) in [5, 5.41) is 6.26. The van der Waals surface area contributed by atoms with Crippen molar-refractivity contribution in [3.05, 3.63) is 29.8 Å². The van der Waals surface area contributed by atoms with E-state index in [1.54, 1.807) is 13.2 Å². The maximum absolute atomic E-state index is 12.1. The van der Waals surface area contributed by atoms with E-state index in [1.165, 1.54) is 19.3 Å². The van der Waals surface area contributed by atoms with Crippen molar-refractivity contribution in [2.75, 3.05) is 27.2 Å². The third kappa shape index (κ3) is 3.26. The van der Waals surface area contributed by atoms with Gasteiger partial charge in [0.05, 0.1) is 7.11 Å². The summed E-state index contributed by atoms with van der Waals surface area (Å²) in [6.07, 6.45) is 3.63. The lowest BCUT2D eigenvalue weighted by atomic mass is 9.68. The van der Waals surface area contributed by atoms with Crippen LogP contribution in [-0.2, 0) is 0 Å². The van der Waals surface area contributed by atoms with E-state index in [2.05, 4.69) is 10.6 Å². The van der Waals surface area contributed by atoms with Gasteiger partial charge in [0.15, 0.2) is 0 Å². The smallest absolute Gasteiger partial charge is 0.251 e. The molecular formula is C15H22N2O2. The van der Waals surface area contributed by atoms with E-state index in [0.29, 0.717) is 11.3 Å². The standard InChI is InChI=1S/C15H22N2O2/c1-16-10-15(7-4-8-15)11-17-14(18)12-5-3-6-13(9-12)19-2/h3,5-6,9,16H,4,7-8,10-11H2,1-2H3,(H,17,18). The molecule has 1 aliphatic carbocycles. The average molecular weight is 262 g/mol. The molecule has 2 rings (SSSR count). The van der Waals surface area contributed by atoms with Crippen molar-refractivity contribution in [2.24, 2.45) is 5.41 Å². The van der Waals surface area contributed by atoms with E-state index >= 15 is 0 Å². The molecule has 19 heavy (non-hydrogen) atoms. The van der Waals surface area contributed by atoms with Crippen LogP contribution in [0.1, 0.15) is 29.6 Å². The van der Waals surface area contributed by atoms with Crippen LogP contribution in [0.4, 0.5) is 0 Å². The van der Waals surface area contributed by atoms with Gasteiger partial charge in [0.25, 0.3) is 5.91 Å². The first-order chi connectivity index (χ1) is 9.19. The molecule has 1 aromatic rings. The normalized spacial score (nSPS) is 16.5. The second kappa shape index (κ2) is 6.06. The number of hydrogen-bond acceptors (Lipinski definition) is 3. The molecule has 4 nitrogen and oxygen atoms in total. The van der Waals surface area contributed by atoms with Gasteiger partial charge in [0, 0.05) is 24.1 Å². The monoisotopic (exact) mass is 262 g/mol. The quantitative estimate of drug-likeness (QED) is 0.822. The summed E-state index contributed by atoms with van der Waals surface area (Å²) in [5.41, 5.74) is 0.904. The lowest BCUT2D eigenvalue weighted by Crippen LogP contribution is -2.47. The number of carbonyl (C=O) groups is 1. The van der Waals surface area contributed by atoms with Crippen molar-refractivity contribution in [3.8, 4) is 5.75 Å². The zero-order chi connectivity index (χ0) is 13.7. The van der Waals surface area contributed by atoms with Crippen molar-refractivity contribution in [2.45, 2.75) is 19.3 Å². The first kappa shape index (κ1) is 13.9. The third-order valence-corrected chi connectivity index (χ3v) is 3.92. The van der Waals surface area contributed by atoms with Gasteiger partial charge in [-0.05, 0) is 38.1 Å². The van der Waals surface area contributed by atoms with Gasteiger partial charge in [-0.3, -0.25) is 4.79 Å². The maximum atomic E-state index is 12.1. The Kier molecular flexibility index (Phi) is 4.43. The molecule has 1 amide bonds. The minimum Gasteiger partial charge on any atom is -0.497 e. The Labute approximate surface area is 114 Å². The minimum absolute atomic E-state index is 0.0266. The molecule has 1 aromatic carbocycles. The van der Waals surface area contributed by atoms with Crippen LogP contribution >= 0.6 is 0 Å². The van der Waals surface area contributed by atoms with Crippen LogP contribution in [0.25, 0.3) is 0 Å². The number of ether oxygens (including phenoxy) is 1. The van der Waals surface area contributed by atoms with Gasteiger partial charge in [-0.15, -0.1) is 0 Å². The van der Waals surface area contributed by atoms with E-state index in [9.17, 15) is 4.79 Å². The van der Waals surface area contributed by atoms with Crippen molar-refractivity contribution in [1.82, 2.24) is 10.6 Å². The Morgan fingerprint density at radius 3 is 2.74 bits per heavy atom. The Balaban J connectivity index is 1.93. The fourth-order valence-electron chi connectivity index (χ4n) is 2.60. The first-order valence-electron chi connectivity index (χ1n) is 6.76. The molecule has 0 heterocycles. The number of methoxy groups -OCH3 is 1. The molecule has 0 spiro atoms. The van der Waals surface area contributed by atoms with E-state index < -0.39 is 0 Å². The van der Waals surface area contributed by atoms with Crippen LogP contribution in [0.3, 0.4) is 0 Å². The summed E-state index contributed by atoms with van der Waals surface area (Å²) in [4.78, 5) is 12.1. The summed E-state index contributed by atoms with van der Waals surface area (Å²) in [5.74, 6) is 0.683. The fourth-order valence-corrected chi connectivity index (χ4v) is 2.60. The molecule has 104 valence electrons. The number of carbonyl (C=O) groups excluding carboxylic acids is 1. The van der Waals surface area contributed by atoms with Crippen LogP contribution in [-0.4, -0.2) is 33.2 Å². The summed E-state index contributed by atoms with van der Waals surface area (Å²) in [7, 11) is 3.57. The van der Waals surface area contributed by atoms with E-state index in [1.807, 2.05) is 25.2 Å². The van der Waals surface area contributed by atoms with Gasteiger partial charge in [-0.2, -0.15) is 0 Å². The summed E-state index contributed by atoms with van der Waals surface area (Å²) in [6.45, 7) is 1.70. The highest BCUT2D eigenvalue weighted by Gasteiger charge is 2.36. The first-order valence-corrected chi connectivity index (χ1v) is 6.76. The summed E-state index contributed by atoms with van der Waals surface area (Å²) < 4.78 is 5.13. The molecule has 0 saturated heterocycles. The SMILES string of the molecule is CNCC1(CNC(=O)c2cccc(OC)c2)CCC1. The van der Waals surface area contributed by atoms with E-state index in [4.69, 9.17) is 4.74 Å². The van der Waals surface area contributed by atoms with Crippen LogP contribution in [0.2, 0.25) is 0 Å². The highest BCUT2D eigenvalue weighted by molar-refractivity contribution is 5.94. The lowest BCUT2D eigenvalue weighted by molar-refractivity contribution is 0.0862. The van der Waals surface area contributed by atoms with E-state index in [-0.39, 0.29) is 11.3 Å². The average Bonchev–Trinajstić information content (AvgIpc) is 2.41. The Hall–Kier alpha value is -1.55. The molecule has 0 aliphatic heterocycles. The number of hydrogen-bond donors (Lipinski definition) is 2. The molecule has 1 fully saturated rings. The molecular weight excluding hydrogens is 240 g/mol. The number of benzene rings is 1. The molecule has 0 unspecified atom stereocenters. The predicted octanol–water partition coefficient (Wildman–Crippen LogP) is 1.81. The summed E-state index contributed by atoms with van der Waals surface area (Å²) >= 11 is 0. The Morgan fingerprint density at radius 1 is 1.37 bits per heavy atom. The maximum Gasteiger partial charge on any atom is 0.251 e. The molecule has 0 aromatic heterocycles. The zero-order valence-corrected chi connectivity index (χ0v) is 11.7. The number of nitrogens with one attached hydrogen (secondary N) is 2. The van der Waals surface area contributed by atoms with Crippen LogP contribution < -0.4 is 15.4 Å². The van der Waals surface area contributed by atoms with Gasteiger partial charge < -0.3 is 15.4 Å². The van der Waals surface area contributed by atoms with Gasteiger partial charge in [0.2, 0.25) is 0 Å². The molecule has 2 N–H and O–H groups in total. The topological polar surface area (TPSA) is 50.4 Å². The van der Waals surface area contributed by atoms with Gasteiger partial charge in [-0.25, -0.2) is 0 Å². The highest BCUT2D eigenvalue weighted by Crippen LogP contribution is 2.39. The van der Waals surface area contributed by atoms with Crippen molar-refractivity contribution >= 4 is 5.91 Å². The Morgan fingerprint density at radius 2 is 2.16 bits per heavy atom. The second-order valence-corrected chi connectivity index (χ2v) is 5.30. The fraction of sp³-hybridized carbons (Fsp3) is 0.533. The summed E-state index contributed by atoms with van der Waals surface area (Å²) in [6, 6.07) is 7.25. The van der Waals surface area contributed by atoms with Gasteiger partial charge in [0.1, 0.15) is 5.75 Å². The molecule has 4 heteroatoms. The van der Waals surface area contributed by atoms with Crippen LogP contribution in [0.5, 0.6) is 5.75 Å². The molecule has 0 bridgehead atoms. The Bertz CT molecular complexity index is 442. The van der Waals surface area contributed by atoms with Crippen molar-refractivity contribution < 1.29 is 9.53 Å². The van der Waals surface area contributed by atoms with Crippen molar-refractivity contribution in [3.63, 3.8) is 0 Å². The zero-order valence-electron chi connectivity index (χ0n) is 11.7. The number of rotatable bonds is 6. The van der Waals surface area contributed by atoms with Crippen LogP contribution in [0, 0.1) is 5.41 Å². The van der Waals surface area contributed by atoms with Crippen molar-refractivity contribution in [1.29, 1.82) is 0 Å². The van der Waals surface area contributed by atoms with Gasteiger partial charge >= 0.3 is 0 Å². The molecule has 1 aliphatic rings. The van der Waals surface area contributed by atoms with Crippen LogP contribution in [0.15, 0.2) is 24.3 Å². The molecule has 1 saturated carbocycles. The third-order valence-electron chi connectivity index (χ3n) is 3.92. The van der Waals surface area contributed by atoms with Gasteiger partial charge in [-0.1, -0.05) is 12.5 Å². The lowest BCUT2D eigenvalue weighted by Gasteiger charge is -2.42. The van der Waals surface area contributed by atoms with E-state index in [0.717, 1.165) is 13.1 Å². The minimum atomic E-state index is -0.0266.